The molecule has 0 amide bonds. The highest BCUT2D eigenvalue weighted by molar-refractivity contribution is 5.91. The van der Waals surface area contributed by atoms with Crippen LogP contribution in [0.5, 0.6) is 11.5 Å². The number of fused-ring (bicyclic) bond motifs is 2. The molecule has 2 aromatic rings. The van der Waals surface area contributed by atoms with Crippen molar-refractivity contribution in [3.63, 3.8) is 0 Å². The second-order valence-electron chi connectivity index (χ2n) is 12.0. The summed E-state index contributed by atoms with van der Waals surface area (Å²) in [6.07, 6.45) is 11.8. The van der Waals surface area contributed by atoms with Gasteiger partial charge >= 0.3 is 11.9 Å². The van der Waals surface area contributed by atoms with Gasteiger partial charge in [-0.2, -0.15) is 0 Å². The lowest BCUT2D eigenvalue weighted by Crippen LogP contribution is -2.28. The van der Waals surface area contributed by atoms with Crippen molar-refractivity contribution in [2.24, 2.45) is 0 Å². The van der Waals surface area contributed by atoms with E-state index >= 15 is 0 Å². The molecule has 0 atom stereocenters. The molecule has 0 aromatic heterocycles. The van der Waals surface area contributed by atoms with Crippen LogP contribution in [-0.4, -0.2) is 74.2 Å². The molecule has 260 valence electrons. The molecule has 0 bridgehead atoms. The van der Waals surface area contributed by atoms with Gasteiger partial charge in [0, 0.05) is 30.6 Å². The third-order valence-corrected chi connectivity index (χ3v) is 8.21. The van der Waals surface area contributed by atoms with E-state index in [1.165, 1.54) is 51.4 Å². The van der Waals surface area contributed by atoms with Gasteiger partial charge in [-0.3, -0.25) is 0 Å². The Kier molecular flexibility index (Phi) is 21.7. The highest BCUT2D eigenvalue weighted by atomic mass is 35.5. The molecule has 0 N–H and O–H groups in total. The van der Waals surface area contributed by atoms with Gasteiger partial charge < -0.3 is 24.0 Å². The Labute approximate surface area is 290 Å². The summed E-state index contributed by atoms with van der Waals surface area (Å²) >= 11 is 0. The Balaban J connectivity index is 0.00000529. The van der Waals surface area contributed by atoms with Gasteiger partial charge in [-0.25, -0.2) is 9.59 Å². The first kappa shape index (κ1) is 41.7. The van der Waals surface area contributed by atoms with E-state index in [0.717, 1.165) is 74.7 Å². The maximum atomic E-state index is 12.8. The number of hydrogen-bond donors (Lipinski definition) is 0. The number of esters is 2. The molecule has 7 nitrogen and oxygen atoms in total. The van der Waals surface area contributed by atoms with Crippen LogP contribution in [0.15, 0.2) is 36.4 Å². The maximum absolute atomic E-state index is 12.8. The topological polar surface area (TPSA) is 68.3 Å². The monoisotopic (exact) mass is 680 g/mol. The zero-order valence-electron chi connectivity index (χ0n) is 28.7. The van der Waals surface area contributed by atoms with Crippen molar-refractivity contribution in [3.8, 4) is 11.5 Å². The molecular formula is C37H58Cl2N2O5. The third kappa shape index (κ3) is 14.2. The fraction of sp³-hybridized carbons (Fsp3) is 0.622. The van der Waals surface area contributed by atoms with Gasteiger partial charge in [0.2, 0.25) is 0 Å². The molecule has 0 radical (unpaired) electrons. The average molecular weight is 682 g/mol. The standard InChI is InChI=1S/C37H56N2O5.2ClH/c1-5-9-19-38(20-10-6-2)23-13-25-42-36(40)30-15-17-34-32(27-30)29-33-28-31(16-18-35(33)44-34)37(41)43-26-14-24-39(21-11-7-3)22-12-8-4;;/h15-18,27-28H,5-14,19-26,29H2,1-4H3;2*1H. The molecule has 2 aromatic carbocycles. The van der Waals surface area contributed by atoms with Crippen molar-refractivity contribution in [1.82, 2.24) is 9.80 Å². The van der Waals surface area contributed by atoms with Crippen LogP contribution in [0.1, 0.15) is 124 Å². The van der Waals surface area contributed by atoms with Crippen LogP contribution in [0.2, 0.25) is 0 Å². The number of ether oxygens (including phenoxy) is 3. The van der Waals surface area contributed by atoms with E-state index in [1.807, 2.05) is 24.3 Å². The maximum Gasteiger partial charge on any atom is 0.338 e. The van der Waals surface area contributed by atoms with E-state index in [9.17, 15) is 9.59 Å². The van der Waals surface area contributed by atoms with Gasteiger partial charge in [0.1, 0.15) is 11.5 Å². The SMILES string of the molecule is CCCCN(CCCC)CCCOC(=O)c1ccc2c(c1)Cc1cc(C(=O)OCCCN(CCCC)CCCC)ccc1O2.Cl.Cl. The molecule has 3 rings (SSSR count). The second-order valence-corrected chi connectivity index (χ2v) is 12.0. The van der Waals surface area contributed by atoms with Crippen molar-refractivity contribution in [2.45, 2.75) is 98.3 Å². The molecular weight excluding hydrogens is 623 g/mol. The molecule has 0 saturated carbocycles. The van der Waals surface area contributed by atoms with Crippen LogP contribution in [0, 0.1) is 0 Å². The summed E-state index contributed by atoms with van der Waals surface area (Å²) in [5, 5.41) is 0. The summed E-state index contributed by atoms with van der Waals surface area (Å²) in [5.74, 6) is 0.824. The highest BCUT2D eigenvalue weighted by Gasteiger charge is 2.21. The lowest BCUT2D eigenvalue weighted by molar-refractivity contribution is 0.0478. The Hall–Kier alpha value is -2.32. The molecule has 1 aliphatic heterocycles. The summed E-state index contributed by atoms with van der Waals surface area (Å²) in [6.45, 7) is 16.0. The van der Waals surface area contributed by atoms with Crippen LogP contribution in [0.4, 0.5) is 0 Å². The van der Waals surface area contributed by atoms with E-state index in [2.05, 4.69) is 37.5 Å². The van der Waals surface area contributed by atoms with E-state index < -0.39 is 0 Å². The van der Waals surface area contributed by atoms with Crippen LogP contribution >= 0.6 is 24.8 Å². The molecule has 1 heterocycles. The van der Waals surface area contributed by atoms with Gasteiger partial charge in [-0.05, 0) is 101 Å². The fourth-order valence-corrected chi connectivity index (χ4v) is 5.48. The normalized spacial score (nSPS) is 11.6. The number of nitrogens with zero attached hydrogens (tertiary/aromatic N) is 2. The molecule has 0 saturated heterocycles. The first-order valence-corrected chi connectivity index (χ1v) is 17.2. The van der Waals surface area contributed by atoms with Crippen molar-refractivity contribution < 1.29 is 23.8 Å². The fourth-order valence-electron chi connectivity index (χ4n) is 5.48. The van der Waals surface area contributed by atoms with Gasteiger partial charge in [0.15, 0.2) is 0 Å². The van der Waals surface area contributed by atoms with Crippen LogP contribution in [0.25, 0.3) is 0 Å². The number of carbonyl (C=O) groups is 2. The summed E-state index contributed by atoms with van der Waals surface area (Å²) in [6, 6.07) is 10.9. The Morgan fingerprint density at radius 3 is 1.28 bits per heavy atom. The third-order valence-electron chi connectivity index (χ3n) is 8.21. The summed E-state index contributed by atoms with van der Waals surface area (Å²) in [7, 11) is 0. The van der Waals surface area contributed by atoms with E-state index in [0.29, 0.717) is 30.8 Å². The molecule has 0 fully saturated rings. The first-order valence-electron chi connectivity index (χ1n) is 17.2. The highest BCUT2D eigenvalue weighted by Crippen LogP contribution is 2.37. The van der Waals surface area contributed by atoms with Crippen LogP contribution in [-0.2, 0) is 15.9 Å². The van der Waals surface area contributed by atoms with Crippen LogP contribution < -0.4 is 4.74 Å². The van der Waals surface area contributed by atoms with E-state index in [-0.39, 0.29) is 36.8 Å². The smallest absolute Gasteiger partial charge is 0.338 e. The van der Waals surface area contributed by atoms with Crippen molar-refractivity contribution in [1.29, 1.82) is 0 Å². The molecule has 0 spiro atoms. The number of benzene rings is 2. The van der Waals surface area contributed by atoms with Crippen molar-refractivity contribution in [2.75, 3.05) is 52.5 Å². The minimum atomic E-state index is -0.312. The van der Waals surface area contributed by atoms with Crippen LogP contribution in [0.3, 0.4) is 0 Å². The molecule has 46 heavy (non-hydrogen) atoms. The largest absolute Gasteiger partial charge is 0.462 e. The van der Waals surface area contributed by atoms with Gasteiger partial charge in [0.05, 0.1) is 24.3 Å². The van der Waals surface area contributed by atoms with Gasteiger partial charge in [-0.1, -0.05) is 53.4 Å². The van der Waals surface area contributed by atoms with Crippen molar-refractivity contribution in [3.05, 3.63) is 58.7 Å². The van der Waals surface area contributed by atoms with E-state index in [1.54, 1.807) is 12.1 Å². The molecule has 1 aliphatic rings. The quantitative estimate of drug-likeness (QED) is 0.0774. The first-order chi connectivity index (χ1) is 21.5. The number of rotatable bonds is 22. The molecule has 0 unspecified atom stereocenters. The predicted molar refractivity (Wildman–Crippen MR) is 193 cm³/mol. The summed E-state index contributed by atoms with van der Waals surface area (Å²) < 4.78 is 17.4. The number of hydrogen-bond acceptors (Lipinski definition) is 7. The zero-order chi connectivity index (χ0) is 31.6. The minimum Gasteiger partial charge on any atom is -0.462 e. The lowest BCUT2D eigenvalue weighted by atomic mass is 9.97. The molecule has 0 aliphatic carbocycles. The number of carbonyl (C=O) groups excluding carboxylic acids is 2. The Morgan fingerprint density at radius 1 is 0.587 bits per heavy atom. The summed E-state index contributed by atoms with van der Waals surface area (Å²) in [5.41, 5.74) is 2.85. The predicted octanol–water partition coefficient (Wildman–Crippen LogP) is 9.12. The van der Waals surface area contributed by atoms with E-state index in [4.69, 9.17) is 14.2 Å². The second kappa shape index (κ2) is 23.9. The Bertz CT molecular complexity index is 1060. The number of halogens is 2. The van der Waals surface area contributed by atoms with Crippen molar-refractivity contribution >= 4 is 36.8 Å². The zero-order valence-corrected chi connectivity index (χ0v) is 30.3. The molecule has 9 heteroatoms. The average Bonchev–Trinajstić information content (AvgIpc) is 3.04. The van der Waals surface area contributed by atoms with Gasteiger partial charge in [0.25, 0.3) is 0 Å². The Morgan fingerprint density at radius 2 is 0.935 bits per heavy atom. The minimum absolute atomic E-state index is 0. The van der Waals surface area contributed by atoms with Gasteiger partial charge in [-0.15, -0.1) is 24.8 Å². The summed E-state index contributed by atoms with van der Waals surface area (Å²) in [4.78, 5) is 30.6. The number of unbranched alkanes of at least 4 members (excludes halogenated alkanes) is 4. The lowest BCUT2D eigenvalue weighted by Gasteiger charge is -2.22.